The smallest absolute Gasteiger partial charge is 0.288 e. The molecule has 0 amide bonds. The predicted octanol–water partition coefficient (Wildman–Crippen LogP) is 4.45. The van der Waals surface area contributed by atoms with Crippen LogP contribution >= 0.6 is 34.8 Å². The van der Waals surface area contributed by atoms with E-state index < -0.39 is 20.4 Å². The first-order valence-corrected chi connectivity index (χ1v) is 10.1. The van der Waals surface area contributed by atoms with Crippen molar-refractivity contribution in [1.29, 1.82) is 0 Å². The number of nitrogens with zero attached hydrogens (tertiary/aromatic N) is 1. The Bertz CT molecular complexity index is 927. The van der Waals surface area contributed by atoms with Gasteiger partial charge in [-0.1, -0.05) is 34.8 Å². The Hall–Kier alpha value is -1.74. The van der Waals surface area contributed by atoms with Gasteiger partial charge in [0.25, 0.3) is 5.69 Å². The molecule has 0 saturated carbocycles. The van der Waals surface area contributed by atoms with Gasteiger partial charge in [-0.05, 0) is 24.3 Å². The van der Waals surface area contributed by atoms with Crippen LogP contribution in [-0.2, 0) is 9.84 Å². The van der Waals surface area contributed by atoms with Gasteiger partial charge in [-0.15, -0.1) is 0 Å². The Labute approximate surface area is 164 Å². The molecule has 0 bridgehead atoms. The Morgan fingerprint density at radius 2 is 1.77 bits per heavy atom. The third-order valence-electron chi connectivity index (χ3n) is 3.20. The number of anilines is 1. The molecule has 26 heavy (non-hydrogen) atoms. The molecule has 1 N–H and O–H groups in total. The summed E-state index contributed by atoms with van der Waals surface area (Å²) in [5, 5.41) is 14.8. The van der Waals surface area contributed by atoms with Gasteiger partial charge in [0, 0.05) is 29.6 Å². The van der Waals surface area contributed by atoms with Crippen LogP contribution in [-0.4, -0.2) is 32.7 Å². The van der Waals surface area contributed by atoms with Gasteiger partial charge in [0.15, 0.2) is 15.6 Å². The molecular weight excluding hydrogens is 427 g/mol. The highest BCUT2D eigenvalue weighted by atomic mass is 35.5. The zero-order chi connectivity index (χ0) is 19.5. The van der Waals surface area contributed by atoms with Crippen LogP contribution in [0, 0.1) is 10.1 Å². The summed E-state index contributed by atoms with van der Waals surface area (Å²) in [6, 6.07) is 6.73. The molecule has 0 spiro atoms. The second kappa shape index (κ2) is 8.30. The van der Waals surface area contributed by atoms with Crippen molar-refractivity contribution in [3.05, 3.63) is 55.5 Å². The Balaban J connectivity index is 2.06. The topological polar surface area (TPSA) is 98.5 Å². The average molecular weight is 440 g/mol. The van der Waals surface area contributed by atoms with Gasteiger partial charge in [-0.25, -0.2) is 8.42 Å². The van der Waals surface area contributed by atoms with Crippen LogP contribution in [0.5, 0.6) is 5.75 Å². The summed E-state index contributed by atoms with van der Waals surface area (Å²) < 4.78 is 29.0. The lowest BCUT2D eigenvalue weighted by molar-refractivity contribution is -0.387. The first-order chi connectivity index (χ1) is 12.1. The fraction of sp³-hybridized carbons (Fsp3) is 0.200. The normalized spacial score (nSPS) is 11.2. The zero-order valence-corrected chi connectivity index (χ0v) is 16.4. The molecule has 0 heterocycles. The van der Waals surface area contributed by atoms with Gasteiger partial charge in [0.2, 0.25) is 0 Å². The lowest BCUT2D eigenvalue weighted by Gasteiger charge is -2.12. The van der Waals surface area contributed by atoms with E-state index in [1.54, 1.807) is 0 Å². The number of rotatable bonds is 7. The third kappa shape index (κ3) is 5.14. The molecule has 0 saturated heterocycles. The monoisotopic (exact) mass is 438 g/mol. The van der Waals surface area contributed by atoms with E-state index in [2.05, 4.69) is 5.32 Å². The molecule has 11 heteroatoms. The van der Waals surface area contributed by atoms with Gasteiger partial charge in [-0.3, -0.25) is 10.1 Å². The maximum atomic E-state index is 11.7. The van der Waals surface area contributed by atoms with Crippen LogP contribution in [0.15, 0.2) is 35.2 Å². The van der Waals surface area contributed by atoms with Gasteiger partial charge in [0.1, 0.15) is 11.5 Å². The van der Waals surface area contributed by atoms with Gasteiger partial charge in [-0.2, -0.15) is 0 Å². The quantitative estimate of drug-likeness (QED) is 0.389. The minimum atomic E-state index is -3.75. The summed E-state index contributed by atoms with van der Waals surface area (Å²) in [6.07, 6.45) is 0.909. The molecule has 2 aromatic rings. The van der Waals surface area contributed by atoms with Crippen LogP contribution in [0.1, 0.15) is 0 Å². The van der Waals surface area contributed by atoms with Crippen LogP contribution < -0.4 is 10.1 Å². The van der Waals surface area contributed by atoms with Gasteiger partial charge >= 0.3 is 0 Å². The minimum absolute atomic E-state index is 0.159. The molecule has 0 atom stereocenters. The predicted molar refractivity (Wildman–Crippen MR) is 102 cm³/mol. The van der Waals surface area contributed by atoms with E-state index in [1.165, 1.54) is 24.3 Å². The molecule has 2 aromatic carbocycles. The fourth-order valence-electron chi connectivity index (χ4n) is 2.09. The van der Waals surface area contributed by atoms with Crippen LogP contribution in [0.25, 0.3) is 0 Å². The van der Waals surface area contributed by atoms with E-state index in [0.29, 0.717) is 10.7 Å². The maximum Gasteiger partial charge on any atom is 0.288 e. The molecule has 0 aromatic heterocycles. The van der Waals surface area contributed by atoms with Crippen LogP contribution in [0.2, 0.25) is 15.1 Å². The molecule has 0 aliphatic carbocycles. The number of nitrogens with one attached hydrogen (secondary N) is 1. The molecule has 0 unspecified atom stereocenters. The van der Waals surface area contributed by atoms with E-state index in [0.717, 1.165) is 12.3 Å². The Morgan fingerprint density at radius 3 is 2.31 bits per heavy atom. The number of sulfone groups is 1. The zero-order valence-electron chi connectivity index (χ0n) is 13.3. The van der Waals surface area contributed by atoms with Crippen LogP contribution in [0.4, 0.5) is 11.4 Å². The van der Waals surface area contributed by atoms with Crippen LogP contribution in [0.3, 0.4) is 0 Å². The number of halogens is 3. The van der Waals surface area contributed by atoms with Crippen molar-refractivity contribution in [1.82, 2.24) is 0 Å². The number of hydrogen-bond acceptors (Lipinski definition) is 6. The SMILES string of the molecule is CS(=O)(=O)c1cc(NCCOc2c(Cl)cc(Cl)cc2Cl)ccc1[N+](=O)[O-]. The highest BCUT2D eigenvalue weighted by Crippen LogP contribution is 2.35. The molecule has 0 radical (unpaired) electrons. The highest BCUT2D eigenvalue weighted by molar-refractivity contribution is 7.90. The molecule has 140 valence electrons. The van der Waals surface area contributed by atoms with E-state index in [9.17, 15) is 18.5 Å². The van der Waals surface area contributed by atoms with E-state index in [4.69, 9.17) is 39.5 Å². The number of nitro benzene ring substituents is 1. The van der Waals surface area contributed by atoms with Crippen molar-refractivity contribution in [2.24, 2.45) is 0 Å². The average Bonchev–Trinajstić information content (AvgIpc) is 2.52. The molecule has 0 aliphatic heterocycles. The van der Waals surface area contributed by atoms with Crippen molar-refractivity contribution in [2.75, 3.05) is 24.7 Å². The summed E-state index contributed by atoms with van der Waals surface area (Å²) in [7, 11) is -3.75. The number of hydrogen-bond donors (Lipinski definition) is 1. The largest absolute Gasteiger partial charge is 0.489 e. The molecule has 0 aliphatic rings. The number of ether oxygens (including phenoxy) is 1. The highest BCUT2D eigenvalue weighted by Gasteiger charge is 2.22. The van der Waals surface area contributed by atoms with Crippen molar-refractivity contribution in [3.63, 3.8) is 0 Å². The summed E-state index contributed by atoms with van der Waals surface area (Å²) in [6.45, 7) is 0.433. The van der Waals surface area contributed by atoms with Gasteiger partial charge in [0.05, 0.1) is 15.0 Å². The molecule has 0 fully saturated rings. The summed E-state index contributed by atoms with van der Waals surface area (Å²) >= 11 is 17.8. The summed E-state index contributed by atoms with van der Waals surface area (Å²) in [5.74, 6) is 0.278. The summed E-state index contributed by atoms with van der Waals surface area (Å²) in [4.78, 5) is 9.85. The van der Waals surface area contributed by atoms with Crippen molar-refractivity contribution < 1.29 is 18.1 Å². The van der Waals surface area contributed by atoms with E-state index in [1.807, 2.05) is 0 Å². The molecule has 7 nitrogen and oxygen atoms in total. The van der Waals surface area contributed by atoms with Crippen molar-refractivity contribution in [2.45, 2.75) is 4.90 Å². The van der Waals surface area contributed by atoms with Crippen molar-refractivity contribution in [3.8, 4) is 5.75 Å². The summed E-state index contributed by atoms with van der Waals surface area (Å²) in [5.41, 5.74) is -0.0815. The van der Waals surface area contributed by atoms with Gasteiger partial charge < -0.3 is 10.1 Å². The minimum Gasteiger partial charge on any atom is -0.489 e. The molecular formula is C15H13Cl3N2O5S. The second-order valence-electron chi connectivity index (χ2n) is 5.19. The first-order valence-electron chi connectivity index (χ1n) is 7.09. The lowest BCUT2D eigenvalue weighted by atomic mass is 10.3. The third-order valence-corrected chi connectivity index (χ3v) is 5.10. The Morgan fingerprint density at radius 1 is 1.15 bits per heavy atom. The molecule has 2 rings (SSSR count). The standard InChI is InChI=1S/C15H13Cl3N2O5S/c1-26(23,24)14-8-10(2-3-13(14)20(21)22)19-4-5-25-15-11(17)6-9(16)7-12(15)18/h2-3,6-8,19H,4-5H2,1H3. The van der Waals surface area contributed by atoms with E-state index >= 15 is 0 Å². The van der Waals surface area contributed by atoms with E-state index in [-0.39, 0.29) is 33.8 Å². The Kier molecular flexibility index (Phi) is 6.57. The van der Waals surface area contributed by atoms with Crippen molar-refractivity contribution >= 4 is 56.0 Å². The first kappa shape index (κ1) is 20.6. The maximum absolute atomic E-state index is 11.7. The lowest BCUT2D eigenvalue weighted by Crippen LogP contribution is -2.12. The second-order valence-corrected chi connectivity index (χ2v) is 8.42. The number of benzene rings is 2. The number of nitro groups is 1. The fourth-order valence-corrected chi connectivity index (χ4v) is 3.88.